The third-order valence-electron chi connectivity index (χ3n) is 5.24. The first-order chi connectivity index (χ1) is 14.6. The van der Waals surface area contributed by atoms with Crippen LogP contribution in [0, 0.1) is 12.3 Å². The standard InChI is InChI=1S/C20H21F4N7/c1-12-27-15-5-4-14(28-17(15)30(12)9-7-21)13-6-8-31-16(13)10-25-18(29-31)26-11-19(2,3)20(22,23)24/h4-6,8,10H,7,9,11H2,1-3H3,(H,26,29). The van der Waals surface area contributed by atoms with Crippen molar-refractivity contribution < 1.29 is 17.6 Å². The Balaban J connectivity index is 1.65. The van der Waals surface area contributed by atoms with Gasteiger partial charge in [-0.2, -0.15) is 13.2 Å². The first-order valence-corrected chi connectivity index (χ1v) is 9.66. The molecule has 0 unspecified atom stereocenters. The number of aryl methyl sites for hydroxylation is 2. The molecule has 0 fully saturated rings. The predicted molar refractivity (Wildman–Crippen MR) is 109 cm³/mol. The molecule has 0 bridgehead atoms. The highest BCUT2D eigenvalue weighted by atomic mass is 19.4. The van der Waals surface area contributed by atoms with Gasteiger partial charge in [0.25, 0.3) is 0 Å². The number of nitrogens with one attached hydrogen (secondary N) is 1. The van der Waals surface area contributed by atoms with E-state index in [1.807, 2.05) is 12.1 Å². The summed E-state index contributed by atoms with van der Waals surface area (Å²) in [5, 5.41) is 6.91. The first-order valence-electron chi connectivity index (χ1n) is 9.66. The van der Waals surface area contributed by atoms with Gasteiger partial charge in [0.05, 0.1) is 29.4 Å². The van der Waals surface area contributed by atoms with E-state index in [9.17, 15) is 17.6 Å². The number of fused-ring (bicyclic) bond motifs is 2. The van der Waals surface area contributed by atoms with Crippen molar-refractivity contribution in [2.75, 3.05) is 18.5 Å². The highest BCUT2D eigenvalue weighted by molar-refractivity contribution is 5.82. The Hall–Kier alpha value is -3.24. The van der Waals surface area contributed by atoms with E-state index in [1.54, 1.807) is 23.8 Å². The number of imidazole rings is 1. The van der Waals surface area contributed by atoms with Gasteiger partial charge >= 0.3 is 6.18 Å². The second-order valence-electron chi connectivity index (χ2n) is 7.92. The maximum atomic E-state index is 13.0. The van der Waals surface area contributed by atoms with Gasteiger partial charge in [-0.15, -0.1) is 5.10 Å². The van der Waals surface area contributed by atoms with E-state index in [1.165, 1.54) is 10.7 Å². The molecule has 4 aromatic heterocycles. The lowest BCUT2D eigenvalue weighted by Crippen LogP contribution is -2.38. The highest BCUT2D eigenvalue weighted by Crippen LogP contribution is 2.37. The molecule has 0 aliphatic heterocycles. The van der Waals surface area contributed by atoms with Gasteiger partial charge in [-0.05, 0) is 39.0 Å². The Morgan fingerprint density at radius 1 is 1.10 bits per heavy atom. The lowest BCUT2D eigenvalue weighted by Gasteiger charge is -2.27. The minimum absolute atomic E-state index is 0.0898. The van der Waals surface area contributed by atoms with E-state index in [4.69, 9.17) is 0 Å². The van der Waals surface area contributed by atoms with Crippen molar-refractivity contribution >= 4 is 22.6 Å². The van der Waals surface area contributed by atoms with Crippen LogP contribution in [0.25, 0.3) is 27.9 Å². The molecule has 0 radical (unpaired) electrons. The van der Waals surface area contributed by atoms with Crippen LogP contribution in [0.4, 0.5) is 23.5 Å². The molecule has 0 saturated carbocycles. The zero-order valence-corrected chi connectivity index (χ0v) is 17.2. The molecular weight excluding hydrogens is 414 g/mol. The van der Waals surface area contributed by atoms with Gasteiger partial charge in [-0.25, -0.2) is 23.9 Å². The van der Waals surface area contributed by atoms with Crippen LogP contribution in [0.3, 0.4) is 0 Å². The molecule has 31 heavy (non-hydrogen) atoms. The molecule has 4 aromatic rings. The van der Waals surface area contributed by atoms with Crippen molar-refractivity contribution in [3.63, 3.8) is 0 Å². The van der Waals surface area contributed by atoms with Gasteiger partial charge in [0.2, 0.25) is 5.95 Å². The maximum absolute atomic E-state index is 13.0. The Morgan fingerprint density at radius 2 is 1.87 bits per heavy atom. The molecule has 1 N–H and O–H groups in total. The van der Waals surface area contributed by atoms with Crippen molar-refractivity contribution in [1.82, 2.24) is 29.1 Å². The second-order valence-corrected chi connectivity index (χ2v) is 7.92. The van der Waals surface area contributed by atoms with E-state index in [0.717, 1.165) is 19.4 Å². The monoisotopic (exact) mass is 435 g/mol. The number of rotatable bonds is 6. The summed E-state index contributed by atoms with van der Waals surface area (Å²) in [4.78, 5) is 13.2. The van der Waals surface area contributed by atoms with E-state index >= 15 is 0 Å². The summed E-state index contributed by atoms with van der Waals surface area (Å²) in [6.45, 7) is 3.32. The van der Waals surface area contributed by atoms with Crippen molar-refractivity contribution in [3.05, 3.63) is 36.4 Å². The van der Waals surface area contributed by atoms with Crippen LogP contribution in [-0.4, -0.2) is 48.5 Å². The van der Waals surface area contributed by atoms with Crippen LogP contribution >= 0.6 is 0 Å². The van der Waals surface area contributed by atoms with Gasteiger partial charge < -0.3 is 9.88 Å². The van der Waals surface area contributed by atoms with E-state index in [-0.39, 0.29) is 19.0 Å². The minimum atomic E-state index is -4.35. The molecule has 4 rings (SSSR count). The van der Waals surface area contributed by atoms with Gasteiger partial charge in [0, 0.05) is 18.3 Å². The molecule has 0 aromatic carbocycles. The smallest absolute Gasteiger partial charge is 0.352 e. The van der Waals surface area contributed by atoms with Crippen LogP contribution in [0.2, 0.25) is 0 Å². The Labute approximate surface area is 175 Å². The quantitative estimate of drug-likeness (QED) is 0.454. The topological polar surface area (TPSA) is 72.9 Å². The molecule has 0 amide bonds. The lowest BCUT2D eigenvalue weighted by molar-refractivity contribution is -0.206. The first kappa shape index (κ1) is 21.0. The average Bonchev–Trinajstić information content (AvgIpc) is 3.26. The summed E-state index contributed by atoms with van der Waals surface area (Å²) >= 11 is 0. The van der Waals surface area contributed by atoms with Crippen LogP contribution < -0.4 is 5.32 Å². The zero-order chi connectivity index (χ0) is 22.4. The van der Waals surface area contributed by atoms with Crippen LogP contribution in [0.5, 0.6) is 0 Å². The Kier molecular flexibility index (Phi) is 5.06. The Bertz CT molecular complexity index is 1240. The molecule has 7 nitrogen and oxygen atoms in total. The van der Waals surface area contributed by atoms with Crippen molar-refractivity contribution in [2.45, 2.75) is 33.5 Å². The lowest BCUT2D eigenvalue weighted by atomic mass is 9.93. The number of alkyl halides is 4. The van der Waals surface area contributed by atoms with E-state index in [0.29, 0.717) is 28.2 Å². The molecule has 4 heterocycles. The largest absolute Gasteiger partial charge is 0.395 e. The van der Waals surface area contributed by atoms with Crippen molar-refractivity contribution in [2.24, 2.45) is 5.41 Å². The molecule has 0 aliphatic carbocycles. The fourth-order valence-corrected chi connectivity index (χ4v) is 3.22. The maximum Gasteiger partial charge on any atom is 0.395 e. The normalized spacial score (nSPS) is 12.7. The molecule has 0 saturated heterocycles. The fourth-order valence-electron chi connectivity index (χ4n) is 3.22. The van der Waals surface area contributed by atoms with Gasteiger partial charge in [-0.3, -0.25) is 0 Å². The number of nitrogens with zero attached hydrogens (tertiary/aromatic N) is 6. The Morgan fingerprint density at radius 3 is 2.58 bits per heavy atom. The SMILES string of the molecule is Cc1nc2ccc(-c3ccn4nc(NCC(C)(C)C(F)(F)F)ncc34)nc2n1CCF. The van der Waals surface area contributed by atoms with Crippen LogP contribution in [0.15, 0.2) is 30.6 Å². The minimum Gasteiger partial charge on any atom is -0.352 e. The average molecular weight is 435 g/mol. The summed E-state index contributed by atoms with van der Waals surface area (Å²) < 4.78 is 55.3. The summed E-state index contributed by atoms with van der Waals surface area (Å²) in [7, 11) is 0. The molecule has 0 aliphatic rings. The number of hydrogen-bond acceptors (Lipinski definition) is 5. The number of pyridine rings is 1. The summed E-state index contributed by atoms with van der Waals surface area (Å²) in [6, 6.07) is 5.42. The number of hydrogen-bond donors (Lipinski definition) is 1. The predicted octanol–water partition coefficient (Wildman–Crippen LogP) is 4.42. The van der Waals surface area contributed by atoms with E-state index in [2.05, 4.69) is 25.4 Å². The van der Waals surface area contributed by atoms with E-state index < -0.39 is 18.3 Å². The zero-order valence-electron chi connectivity index (χ0n) is 17.2. The fraction of sp³-hybridized carbons (Fsp3) is 0.400. The molecule has 164 valence electrons. The summed E-state index contributed by atoms with van der Waals surface area (Å²) in [6.07, 6.45) is -1.13. The van der Waals surface area contributed by atoms with Gasteiger partial charge in [0.1, 0.15) is 18.0 Å². The molecular formula is C20H21F4N7. The van der Waals surface area contributed by atoms with Crippen molar-refractivity contribution in [1.29, 1.82) is 0 Å². The number of halogens is 4. The van der Waals surface area contributed by atoms with Gasteiger partial charge in [-0.1, -0.05) is 0 Å². The van der Waals surface area contributed by atoms with Crippen LogP contribution in [0.1, 0.15) is 19.7 Å². The van der Waals surface area contributed by atoms with Crippen LogP contribution in [-0.2, 0) is 6.54 Å². The third-order valence-corrected chi connectivity index (χ3v) is 5.24. The molecule has 0 atom stereocenters. The number of anilines is 1. The summed E-state index contributed by atoms with van der Waals surface area (Å²) in [5.74, 6) is 0.770. The molecule has 11 heteroatoms. The highest BCUT2D eigenvalue weighted by Gasteiger charge is 2.47. The molecule has 0 spiro atoms. The van der Waals surface area contributed by atoms with Gasteiger partial charge in [0.15, 0.2) is 5.65 Å². The third kappa shape index (κ3) is 3.79. The second kappa shape index (κ2) is 7.47. The van der Waals surface area contributed by atoms with Crippen molar-refractivity contribution in [3.8, 4) is 11.3 Å². The number of aromatic nitrogens is 6. The summed E-state index contributed by atoms with van der Waals surface area (Å²) in [5.41, 5.74) is 1.36.